The van der Waals surface area contributed by atoms with Gasteiger partial charge in [-0.05, 0) is 43.4 Å². The lowest BCUT2D eigenvalue weighted by molar-refractivity contribution is -0.386. The first-order valence-corrected chi connectivity index (χ1v) is 6.67. The fourth-order valence-electron chi connectivity index (χ4n) is 2.76. The molecule has 0 aromatic heterocycles. The molecule has 0 saturated heterocycles. The molecule has 0 amide bonds. The minimum atomic E-state index is -0.567. The zero-order valence-corrected chi connectivity index (χ0v) is 11.1. The van der Waals surface area contributed by atoms with Crippen molar-refractivity contribution in [1.82, 2.24) is 0 Å². The highest BCUT2D eigenvalue weighted by molar-refractivity contribution is 5.57. The lowest BCUT2D eigenvalue weighted by Gasteiger charge is -2.18. The highest BCUT2D eigenvalue weighted by Gasteiger charge is 2.28. The molecular weight excluding hydrogens is 258 g/mol. The van der Waals surface area contributed by atoms with Crippen molar-refractivity contribution < 1.29 is 9.66 Å². The number of hydrogen-bond donors (Lipinski definition) is 1. The molecule has 1 fully saturated rings. The zero-order chi connectivity index (χ0) is 14.5. The molecule has 106 valence electrons. The van der Waals surface area contributed by atoms with E-state index in [2.05, 4.69) is 0 Å². The summed E-state index contributed by atoms with van der Waals surface area (Å²) in [5.41, 5.74) is 5.48. The van der Waals surface area contributed by atoms with Crippen LogP contribution in [0.25, 0.3) is 0 Å². The van der Waals surface area contributed by atoms with Crippen LogP contribution in [0.4, 0.5) is 5.69 Å². The van der Waals surface area contributed by atoms with Gasteiger partial charge in [-0.2, -0.15) is 5.26 Å². The molecule has 1 aromatic rings. The van der Waals surface area contributed by atoms with E-state index in [1.54, 1.807) is 6.07 Å². The van der Waals surface area contributed by atoms with Gasteiger partial charge in [0.2, 0.25) is 0 Å². The normalized spacial score (nSPS) is 21.4. The Bertz CT molecular complexity index is 539. The lowest BCUT2D eigenvalue weighted by atomic mass is 9.97. The van der Waals surface area contributed by atoms with Crippen molar-refractivity contribution in [2.24, 2.45) is 17.6 Å². The average Bonchev–Trinajstić information content (AvgIpc) is 2.91. The van der Waals surface area contributed by atoms with Crippen molar-refractivity contribution in [3.8, 4) is 11.8 Å². The number of nitrogens with zero attached hydrogens (tertiary/aromatic N) is 2. The van der Waals surface area contributed by atoms with E-state index in [0.717, 1.165) is 19.3 Å². The fourth-order valence-corrected chi connectivity index (χ4v) is 2.76. The summed E-state index contributed by atoms with van der Waals surface area (Å²) in [6.45, 7) is 1.03. The Hall–Kier alpha value is -2.13. The van der Waals surface area contributed by atoms with E-state index in [1.807, 2.05) is 6.07 Å². The summed E-state index contributed by atoms with van der Waals surface area (Å²) in [6, 6.07) is 6.37. The number of ether oxygens (including phenoxy) is 1. The monoisotopic (exact) mass is 275 g/mol. The van der Waals surface area contributed by atoms with Gasteiger partial charge in [0, 0.05) is 0 Å². The summed E-state index contributed by atoms with van der Waals surface area (Å²) < 4.78 is 5.61. The maximum atomic E-state index is 11.1. The van der Waals surface area contributed by atoms with Crippen molar-refractivity contribution in [3.63, 3.8) is 0 Å². The number of benzene rings is 1. The Balaban J connectivity index is 2.14. The molecule has 6 nitrogen and oxygen atoms in total. The van der Waals surface area contributed by atoms with Crippen molar-refractivity contribution in [3.05, 3.63) is 33.9 Å². The highest BCUT2D eigenvalue weighted by Crippen LogP contribution is 2.34. The van der Waals surface area contributed by atoms with E-state index in [9.17, 15) is 10.1 Å². The molecule has 6 heteroatoms. The third-order valence-corrected chi connectivity index (χ3v) is 3.87. The maximum absolute atomic E-state index is 11.1. The third-order valence-electron chi connectivity index (χ3n) is 3.87. The molecule has 20 heavy (non-hydrogen) atoms. The summed E-state index contributed by atoms with van der Waals surface area (Å²) in [5, 5.41) is 20.0. The third kappa shape index (κ3) is 2.89. The minimum Gasteiger partial charge on any atom is -0.486 e. The summed E-state index contributed by atoms with van der Waals surface area (Å²) in [7, 11) is 0. The van der Waals surface area contributed by atoms with Crippen LogP contribution in [0.3, 0.4) is 0 Å². The molecule has 2 atom stereocenters. The fraction of sp³-hybridized carbons (Fsp3) is 0.500. The van der Waals surface area contributed by atoms with Gasteiger partial charge in [0.25, 0.3) is 0 Å². The quantitative estimate of drug-likeness (QED) is 0.655. The topological polar surface area (TPSA) is 102 Å². The molecule has 2 unspecified atom stereocenters. The van der Waals surface area contributed by atoms with Crippen LogP contribution in [0.15, 0.2) is 18.2 Å². The molecule has 0 aliphatic heterocycles. The standard InChI is InChI=1S/C14H17N3O3/c15-7-10-3-1-5-12(10)9-20-13-6-2-4-11(8-16)14(13)17(18)19/h2,4,6,10,12H,1,3,5,7,9,15H2. The number of para-hydroxylation sites is 1. The SMILES string of the molecule is N#Cc1cccc(OCC2CCCC2CN)c1[N+](=O)[O-]. The molecular formula is C14H17N3O3. The van der Waals surface area contributed by atoms with Crippen LogP contribution in [-0.4, -0.2) is 18.1 Å². The predicted molar refractivity (Wildman–Crippen MR) is 73.2 cm³/mol. The Morgan fingerprint density at radius 2 is 2.20 bits per heavy atom. The Morgan fingerprint density at radius 1 is 1.45 bits per heavy atom. The second-order valence-electron chi connectivity index (χ2n) is 5.02. The Labute approximate surface area is 117 Å². The molecule has 1 aliphatic carbocycles. The van der Waals surface area contributed by atoms with Crippen LogP contribution in [-0.2, 0) is 0 Å². The molecule has 0 radical (unpaired) electrons. The number of nitro groups is 1. The minimum absolute atomic E-state index is 0.0225. The first kappa shape index (κ1) is 14.3. The van der Waals surface area contributed by atoms with E-state index >= 15 is 0 Å². The molecule has 0 bridgehead atoms. The van der Waals surface area contributed by atoms with Gasteiger partial charge in [-0.3, -0.25) is 10.1 Å². The summed E-state index contributed by atoms with van der Waals surface area (Å²) >= 11 is 0. The molecule has 0 spiro atoms. The number of nitriles is 1. The number of nitrogens with two attached hydrogens (primary N) is 1. The van der Waals surface area contributed by atoms with Gasteiger partial charge in [0.15, 0.2) is 5.75 Å². The molecule has 1 saturated carbocycles. The van der Waals surface area contributed by atoms with Crippen LogP contribution < -0.4 is 10.5 Å². The van der Waals surface area contributed by atoms with Crippen molar-refractivity contribution in [2.45, 2.75) is 19.3 Å². The first-order chi connectivity index (χ1) is 9.67. The van der Waals surface area contributed by atoms with Crippen LogP contribution in [0, 0.1) is 33.3 Å². The molecule has 1 aromatic carbocycles. The van der Waals surface area contributed by atoms with Crippen LogP contribution in [0.1, 0.15) is 24.8 Å². The second-order valence-corrected chi connectivity index (χ2v) is 5.02. The largest absolute Gasteiger partial charge is 0.486 e. The highest BCUT2D eigenvalue weighted by atomic mass is 16.6. The van der Waals surface area contributed by atoms with Crippen LogP contribution in [0.2, 0.25) is 0 Å². The van der Waals surface area contributed by atoms with E-state index in [1.165, 1.54) is 12.1 Å². The van der Waals surface area contributed by atoms with Gasteiger partial charge in [-0.25, -0.2) is 0 Å². The van der Waals surface area contributed by atoms with E-state index in [0.29, 0.717) is 25.0 Å². The Kier molecular flexibility index (Phi) is 4.53. The number of hydrogen-bond acceptors (Lipinski definition) is 5. The number of rotatable bonds is 5. The van der Waals surface area contributed by atoms with E-state index in [4.69, 9.17) is 15.7 Å². The average molecular weight is 275 g/mol. The molecule has 0 heterocycles. The molecule has 2 rings (SSSR count). The van der Waals surface area contributed by atoms with Crippen molar-refractivity contribution >= 4 is 5.69 Å². The van der Waals surface area contributed by atoms with E-state index < -0.39 is 4.92 Å². The van der Waals surface area contributed by atoms with E-state index in [-0.39, 0.29) is 17.0 Å². The lowest BCUT2D eigenvalue weighted by Crippen LogP contribution is -2.23. The van der Waals surface area contributed by atoms with Crippen molar-refractivity contribution in [2.75, 3.05) is 13.2 Å². The van der Waals surface area contributed by atoms with Crippen LogP contribution >= 0.6 is 0 Å². The zero-order valence-electron chi connectivity index (χ0n) is 11.1. The van der Waals surface area contributed by atoms with Gasteiger partial charge in [0.1, 0.15) is 11.6 Å². The number of nitro benzene ring substituents is 1. The molecule has 1 aliphatic rings. The van der Waals surface area contributed by atoms with Crippen molar-refractivity contribution in [1.29, 1.82) is 5.26 Å². The van der Waals surface area contributed by atoms with Gasteiger partial charge < -0.3 is 10.5 Å². The summed E-state index contributed by atoms with van der Waals surface area (Å²) in [4.78, 5) is 10.5. The van der Waals surface area contributed by atoms with Gasteiger partial charge in [0.05, 0.1) is 11.5 Å². The summed E-state index contributed by atoms with van der Waals surface area (Å²) in [6.07, 6.45) is 3.24. The maximum Gasteiger partial charge on any atom is 0.328 e. The smallest absolute Gasteiger partial charge is 0.328 e. The Morgan fingerprint density at radius 3 is 2.85 bits per heavy atom. The van der Waals surface area contributed by atoms with Crippen LogP contribution in [0.5, 0.6) is 5.75 Å². The molecule has 2 N–H and O–H groups in total. The summed E-state index contributed by atoms with van der Waals surface area (Å²) in [5.74, 6) is 0.926. The van der Waals surface area contributed by atoms with Gasteiger partial charge in [-0.1, -0.05) is 12.5 Å². The second kappa shape index (κ2) is 6.35. The van der Waals surface area contributed by atoms with Gasteiger partial charge in [-0.15, -0.1) is 0 Å². The van der Waals surface area contributed by atoms with Gasteiger partial charge >= 0.3 is 5.69 Å². The first-order valence-electron chi connectivity index (χ1n) is 6.67. The predicted octanol–water partition coefficient (Wildman–Crippen LogP) is 2.22.